The van der Waals surface area contributed by atoms with Gasteiger partial charge in [-0.15, -0.1) is 0 Å². The fraction of sp³-hybridized carbons (Fsp3) is 0.312. The second kappa shape index (κ2) is 6.33. The van der Waals surface area contributed by atoms with Crippen LogP contribution in [0.3, 0.4) is 0 Å². The molecular weight excluding hydrogens is 330 g/mol. The summed E-state index contributed by atoms with van der Waals surface area (Å²) in [5, 5.41) is 1.13. The Kier molecular flexibility index (Phi) is 4.41. The first-order chi connectivity index (χ1) is 11.0. The smallest absolute Gasteiger partial charge is 0.285 e. The first-order valence-corrected chi connectivity index (χ1v) is 8.57. The SMILES string of the molecule is CC(=O)NN1C(=O)/C(=C/c2ccc3c(c2)CCCN3C)SC1=S. The van der Waals surface area contributed by atoms with Crippen LogP contribution >= 0.6 is 24.0 Å². The maximum atomic E-state index is 12.3. The molecule has 1 saturated heterocycles. The summed E-state index contributed by atoms with van der Waals surface area (Å²) >= 11 is 6.35. The number of anilines is 1. The van der Waals surface area contributed by atoms with E-state index in [4.69, 9.17) is 12.2 Å². The van der Waals surface area contributed by atoms with Crippen LogP contribution in [0.15, 0.2) is 23.1 Å². The molecule has 0 bridgehead atoms. The van der Waals surface area contributed by atoms with E-state index in [1.54, 1.807) is 0 Å². The molecule has 0 atom stereocenters. The zero-order chi connectivity index (χ0) is 16.6. The van der Waals surface area contributed by atoms with Gasteiger partial charge in [0.1, 0.15) is 0 Å². The number of thiocarbonyl (C=S) groups is 1. The Morgan fingerprint density at radius 3 is 2.96 bits per heavy atom. The monoisotopic (exact) mass is 347 g/mol. The van der Waals surface area contributed by atoms with Gasteiger partial charge in [0, 0.05) is 26.2 Å². The maximum Gasteiger partial charge on any atom is 0.285 e. The van der Waals surface area contributed by atoms with Gasteiger partial charge in [0.15, 0.2) is 4.32 Å². The van der Waals surface area contributed by atoms with Crippen molar-refractivity contribution in [1.82, 2.24) is 10.4 Å². The standard InChI is InChI=1S/C16H17N3O2S2/c1-10(20)17-19-15(21)14(23-16(19)22)9-11-5-6-13-12(8-11)4-3-7-18(13)2/h5-6,8-9H,3-4,7H2,1-2H3,(H,17,20)/b14-9-. The van der Waals surface area contributed by atoms with Crippen molar-refractivity contribution in [2.45, 2.75) is 19.8 Å². The number of hydrogen-bond acceptors (Lipinski definition) is 5. The molecule has 120 valence electrons. The summed E-state index contributed by atoms with van der Waals surface area (Å²) < 4.78 is 0.342. The molecule has 1 aromatic rings. The molecule has 0 spiro atoms. The molecule has 1 aromatic carbocycles. The second-order valence-corrected chi connectivity index (χ2v) is 7.27. The van der Waals surface area contributed by atoms with Crippen LogP contribution in [0.1, 0.15) is 24.5 Å². The van der Waals surface area contributed by atoms with Crippen molar-refractivity contribution < 1.29 is 9.59 Å². The van der Waals surface area contributed by atoms with Crippen molar-refractivity contribution in [1.29, 1.82) is 0 Å². The number of hydrazine groups is 1. The van der Waals surface area contributed by atoms with Crippen molar-refractivity contribution >= 4 is 51.9 Å². The van der Waals surface area contributed by atoms with E-state index in [0.29, 0.717) is 9.23 Å². The molecule has 0 radical (unpaired) electrons. The summed E-state index contributed by atoms with van der Waals surface area (Å²) in [6, 6.07) is 6.22. The molecule has 2 aliphatic heterocycles. The largest absolute Gasteiger partial charge is 0.374 e. The Balaban J connectivity index is 1.86. The lowest BCUT2D eigenvalue weighted by molar-refractivity contribution is -0.131. The van der Waals surface area contributed by atoms with Crippen molar-refractivity contribution in [3.8, 4) is 0 Å². The van der Waals surface area contributed by atoms with Crippen LogP contribution in [-0.4, -0.2) is 34.7 Å². The third-order valence-electron chi connectivity index (χ3n) is 3.82. The highest BCUT2D eigenvalue weighted by Crippen LogP contribution is 2.33. The molecule has 1 N–H and O–H groups in total. The van der Waals surface area contributed by atoms with Crippen molar-refractivity contribution in [2.75, 3.05) is 18.5 Å². The predicted molar refractivity (Wildman–Crippen MR) is 96.9 cm³/mol. The lowest BCUT2D eigenvalue weighted by Gasteiger charge is -2.27. The minimum absolute atomic E-state index is 0.287. The van der Waals surface area contributed by atoms with Gasteiger partial charge in [0.25, 0.3) is 5.91 Å². The van der Waals surface area contributed by atoms with E-state index < -0.39 is 0 Å². The molecule has 7 heteroatoms. The van der Waals surface area contributed by atoms with Crippen LogP contribution in [0.2, 0.25) is 0 Å². The summed E-state index contributed by atoms with van der Waals surface area (Å²) in [6.45, 7) is 2.42. The number of nitrogens with zero attached hydrogens (tertiary/aromatic N) is 2. The van der Waals surface area contributed by atoms with Crippen LogP contribution in [0.25, 0.3) is 6.08 Å². The Hall–Kier alpha value is -1.86. The van der Waals surface area contributed by atoms with Crippen LogP contribution in [0, 0.1) is 0 Å². The summed E-state index contributed by atoms with van der Waals surface area (Å²) in [5.41, 5.74) is 5.97. The number of amides is 2. The average Bonchev–Trinajstić information content (AvgIpc) is 2.75. The van der Waals surface area contributed by atoms with E-state index >= 15 is 0 Å². The highest BCUT2D eigenvalue weighted by Gasteiger charge is 2.33. The van der Waals surface area contributed by atoms with Crippen LogP contribution < -0.4 is 10.3 Å². The highest BCUT2D eigenvalue weighted by atomic mass is 32.2. The lowest BCUT2D eigenvalue weighted by Crippen LogP contribution is -2.43. The van der Waals surface area contributed by atoms with Crippen molar-refractivity contribution in [2.24, 2.45) is 0 Å². The van der Waals surface area contributed by atoms with E-state index in [2.05, 4.69) is 29.5 Å². The fourth-order valence-corrected chi connectivity index (χ4v) is 3.95. The van der Waals surface area contributed by atoms with Crippen molar-refractivity contribution in [3.63, 3.8) is 0 Å². The molecule has 23 heavy (non-hydrogen) atoms. The Morgan fingerprint density at radius 1 is 1.43 bits per heavy atom. The summed E-state index contributed by atoms with van der Waals surface area (Å²) in [7, 11) is 2.09. The topological polar surface area (TPSA) is 52.7 Å². The number of carbonyl (C=O) groups excluding carboxylic acids is 2. The number of nitrogens with one attached hydrogen (secondary N) is 1. The molecule has 0 aliphatic carbocycles. The lowest BCUT2D eigenvalue weighted by atomic mass is 9.99. The number of thioether (sulfide) groups is 1. The second-order valence-electron chi connectivity index (χ2n) is 5.60. The molecular formula is C16H17N3O2S2. The third kappa shape index (κ3) is 3.25. The van der Waals surface area contributed by atoms with Crippen molar-refractivity contribution in [3.05, 3.63) is 34.2 Å². The number of hydrogen-bond donors (Lipinski definition) is 1. The van der Waals surface area contributed by atoms with Gasteiger partial charge in [-0.3, -0.25) is 15.0 Å². The van der Waals surface area contributed by atoms with Gasteiger partial charge in [0.05, 0.1) is 4.91 Å². The Morgan fingerprint density at radius 2 is 2.22 bits per heavy atom. The van der Waals surface area contributed by atoms with Gasteiger partial charge in [-0.05, 0) is 54.4 Å². The van der Waals surface area contributed by atoms with E-state index in [1.165, 1.54) is 29.9 Å². The van der Waals surface area contributed by atoms with Gasteiger partial charge in [0.2, 0.25) is 5.91 Å². The number of fused-ring (bicyclic) bond motifs is 1. The average molecular weight is 347 g/mol. The minimum Gasteiger partial charge on any atom is -0.374 e. The molecule has 1 fully saturated rings. The number of carbonyl (C=O) groups is 2. The number of rotatable bonds is 2. The zero-order valence-corrected chi connectivity index (χ0v) is 14.6. The molecule has 0 saturated carbocycles. The maximum absolute atomic E-state index is 12.3. The zero-order valence-electron chi connectivity index (χ0n) is 13.0. The predicted octanol–water partition coefficient (Wildman–Crippen LogP) is 2.32. The first kappa shape index (κ1) is 16.0. The fourth-order valence-electron chi connectivity index (χ4n) is 2.77. The molecule has 0 aromatic heterocycles. The quantitative estimate of drug-likeness (QED) is 0.657. The van der Waals surface area contributed by atoms with Gasteiger partial charge >= 0.3 is 0 Å². The van der Waals surface area contributed by atoms with Crippen LogP contribution in [-0.2, 0) is 16.0 Å². The highest BCUT2D eigenvalue weighted by molar-refractivity contribution is 8.26. The van der Waals surface area contributed by atoms with Gasteiger partial charge in [-0.1, -0.05) is 17.8 Å². The minimum atomic E-state index is -0.320. The Labute approximate surface area is 144 Å². The van der Waals surface area contributed by atoms with Gasteiger partial charge < -0.3 is 4.90 Å². The van der Waals surface area contributed by atoms with Gasteiger partial charge in [-0.2, -0.15) is 5.01 Å². The number of aryl methyl sites for hydroxylation is 1. The normalized spacial score (nSPS) is 19.3. The van der Waals surface area contributed by atoms with Crippen LogP contribution in [0.5, 0.6) is 0 Å². The van der Waals surface area contributed by atoms with Gasteiger partial charge in [-0.25, -0.2) is 0 Å². The Bertz CT molecular complexity index is 730. The summed E-state index contributed by atoms with van der Waals surface area (Å²) in [4.78, 5) is 26.2. The third-order valence-corrected chi connectivity index (χ3v) is 5.12. The van der Waals surface area contributed by atoms with Crippen LogP contribution in [0.4, 0.5) is 5.69 Å². The molecule has 2 amide bonds. The van der Waals surface area contributed by atoms with E-state index in [-0.39, 0.29) is 11.8 Å². The molecule has 2 aliphatic rings. The molecule has 3 rings (SSSR count). The summed E-state index contributed by atoms with van der Waals surface area (Å²) in [6.07, 6.45) is 4.02. The number of benzene rings is 1. The molecule has 2 heterocycles. The first-order valence-electron chi connectivity index (χ1n) is 7.35. The van der Waals surface area contributed by atoms with E-state index in [9.17, 15) is 9.59 Å². The van der Waals surface area contributed by atoms with E-state index in [0.717, 1.165) is 30.0 Å². The molecule has 5 nitrogen and oxygen atoms in total. The van der Waals surface area contributed by atoms with E-state index in [1.807, 2.05) is 12.1 Å². The summed E-state index contributed by atoms with van der Waals surface area (Å²) in [5.74, 6) is -0.607. The molecule has 0 unspecified atom stereocenters.